The van der Waals surface area contributed by atoms with Gasteiger partial charge in [-0.05, 0) is 12.5 Å². The van der Waals surface area contributed by atoms with E-state index in [2.05, 4.69) is 0 Å². The molecule has 4 nitrogen and oxygen atoms in total. The molecule has 0 N–H and O–H groups in total. The van der Waals surface area contributed by atoms with Gasteiger partial charge in [-0.25, -0.2) is 4.79 Å². The van der Waals surface area contributed by atoms with E-state index in [0.717, 1.165) is 25.2 Å². The molecule has 1 heterocycles. The summed E-state index contributed by atoms with van der Waals surface area (Å²) in [6.07, 6.45) is 0. The second kappa shape index (κ2) is 6.36. The lowest BCUT2D eigenvalue weighted by molar-refractivity contribution is -0.176. The highest BCUT2D eigenvalue weighted by Gasteiger charge is 2.21. The fourth-order valence-corrected chi connectivity index (χ4v) is 2.01. The lowest BCUT2D eigenvalue weighted by Gasteiger charge is -2.34. The summed E-state index contributed by atoms with van der Waals surface area (Å²) in [5, 5.41) is 1.83. The molecule has 96 valence electrons. The lowest BCUT2D eigenvalue weighted by Crippen LogP contribution is -2.44. The van der Waals surface area contributed by atoms with Gasteiger partial charge in [-0.3, -0.25) is 4.84 Å². The highest BCUT2D eigenvalue weighted by molar-refractivity contribution is 5.52. The van der Waals surface area contributed by atoms with E-state index in [0.29, 0.717) is 18.8 Å². The predicted molar refractivity (Wildman–Crippen MR) is 69.3 cm³/mol. The van der Waals surface area contributed by atoms with Crippen LogP contribution in [0.4, 0.5) is 0 Å². The molecule has 0 aromatic heterocycles. The average Bonchev–Trinajstić information content (AvgIpc) is 2.45. The van der Waals surface area contributed by atoms with Crippen molar-refractivity contribution in [2.45, 2.75) is 13.5 Å². The minimum Gasteiger partial charge on any atom is -0.364 e. The second-order valence-electron chi connectivity index (χ2n) is 4.25. The summed E-state index contributed by atoms with van der Waals surface area (Å²) >= 11 is 0. The van der Waals surface area contributed by atoms with Gasteiger partial charge in [-0.2, -0.15) is 5.06 Å². The smallest absolute Gasteiger partial charge is 0.147 e. The van der Waals surface area contributed by atoms with E-state index in [1.165, 1.54) is 0 Å². The van der Waals surface area contributed by atoms with Gasteiger partial charge in [0, 0.05) is 19.6 Å². The van der Waals surface area contributed by atoms with Crippen molar-refractivity contribution in [2.75, 3.05) is 26.2 Å². The van der Waals surface area contributed by atoms with Gasteiger partial charge in [0.15, 0.2) is 0 Å². The topological polar surface area (TPSA) is 32.8 Å². The molecular weight excluding hydrogens is 228 g/mol. The van der Waals surface area contributed by atoms with Crippen LogP contribution in [0.3, 0.4) is 0 Å². The first-order valence-electron chi connectivity index (χ1n) is 6.24. The Kier molecular flexibility index (Phi) is 4.53. The van der Waals surface area contributed by atoms with Crippen LogP contribution in [-0.2, 0) is 16.2 Å². The van der Waals surface area contributed by atoms with E-state index in [9.17, 15) is 4.79 Å². The van der Waals surface area contributed by atoms with Crippen LogP contribution in [0, 0.1) is 0 Å². The molecule has 1 aliphatic heterocycles. The third-order valence-electron chi connectivity index (χ3n) is 3.08. The fourth-order valence-electron chi connectivity index (χ4n) is 2.01. The molecule has 0 bridgehead atoms. The standard InChI is InChI=1S/C14H18N2O2/c1-2-15-8-9-16(10-14(15)11-17)18-12-13-6-4-3-5-7-13/h3-7H,2,8-10,12H2,1H3. The maximum Gasteiger partial charge on any atom is 0.147 e. The molecule has 18 heavy (non-hydrogen) atoms. The molecule has 0 amide bonds. The van der Waals surface area contributed by atoms with E-state index in [1.807, 2.05) is 53.2 Å². The Morgan fingerprint density at radius 1 is 1.28 bits per heavy atom. The first-order valence-corrected chi connectivity index (χ1v) is 6.24. The molecule has 1 fully saturated rings. The van der Waals surface area contributed by atoms with Crippen molar-refractivity contribution >= 4 is 5.94 Å². The summed E-state index contributed by atoms with van der Waals surface area (Å²) in [5.74, 6) is 2.00. The van der Waals surface area contributed by atoms with E-state index in [-0.39, 0.29) is 0 Å². The third-order valence-corrected chi connectivity index (χ3v) is 3.08. The molecular formula is C14H18N2O2. The molecule has 4 heteroatoms. The molecule has 1 aromatic rings. The Balaban J connectivity index is 1.87. The van der Waals surface area contributed by atoms with Crippen LogP contribution in [-0.4, -0.2) is 42.1 Å². The average molecular weight is 246 g/mol. The number of piperazine rings is 1. The molecule has 0 aliphatic carbocycles. The van der Waals surface area contributed by atoms with Gasteiger partial charge in [0.2, 0.25) is 0 Å². The Bertz CT molecular complexity index is 427. The van der Waals surface area contributed by atoms with Crippen LogP contribution in [0.2, 0.25) is 0 Å². The number of hydroxylamine groups is 2. The Hall–Kier alpha value is -1.61. The van der Waals surface area contributed by atoms with Gasteiger partial charge in [-0.15, -0.1) is 0 Å². The molecule has 0 radical (unpaired) electrons. The molecule has 1 aromatic carbocycles. The number of likely N-dealkylation sites (N-methyl/N-ethyl adjacent to an activating group) is 1. The van der Waals surface area contributed by atoms with E-state index in [1.54, 1.807) is 0 Å². The lowest BCUT2D eigenvalue weighted by atomic mass is 10.2. The zero-order valence-corrected chi connectivity index (χ0v) is 10.6. The maximum absolute atomic E-state index is 10.9. The number of nitrogens with zero attached hydrogens (tertiary/aromatic N) is 2. The van der Waals surface area contributed by atoms with Crippen LogP contribution in [0.1, 0.15) is 12.5 Å². The van der Waals surface area contributed by atoms with Crippen molar-refractivity contribution < 1.29 is 9.63 Å². The zero-order valence-electron chi connectivity index (χ0n) is 10.6. The summed E-state index contributed by atoms with van der Waals surface area (Å²) in [6.45, 7) is 5.57. The van der Waals surface area contributed by atoms with E-state index in [4.69, 9.17) is 4.84 Å². The van der Waals surface area contributed by atoms with Gasteiger partial charge in [0.25, 0.3) is 0 Å². The summed E-state index contributed by atoms with van der Waals surface area (Å²) in [7, 11) is 0. The molecule has 0 saturated carbocycles. The SMILES string of the molecule is CCN1CCN(OCc2ccccc2)CC1=C=O. The van der Waals surface area contributed by atoms with Crippen molar-refractivity contribution in [2.24, 2.45) is 0 Å². The van der Waals surface area contributed by atoms with Gasteiger partial charge in [0.05, 0.1) is 13.2 Å². The quantitative estimate of drug-likeness (QED) is 0.753. The molecule has 0 atom stereocenters. The maximum atomic E-state index is 10.9. The number of benzene rings is 1. The van der Waals surface area contributed by atoms with Crippen molar-refractivity contribution in [3.8, 4) is 0 Å². The predicted octanol–water partition coefficient (Wildman–Crippen LogP) is 1.47. The number of carbonyl (C=O) groups excluding carboxylic acids is 1. The highest BCUT2D eigenvalue weighted by Crippen LogP contribution is 2.12. The number of hydrogen-bond acceptors (Lipinski definition) is 4. The van der Waals surface area contributed by atoms with Crippen molar-refractivity contribution in [3.63, 3.8) is 0 Å². The fraction of sp³-hybridized carbons (Fsp3) is 0.429. The molecule has 2 rings (SSSR count). The first kappa shape index (κ1) is 12.8. The minimum atomic E-state index is 0.518. The van der Waals surface area contributed by atoms with Gasteiger partial charge < -0.3 is 4.90 Å². The van der Waals surface area contributed by atoms with Crippen LogP contribution in [0.5, 0.6) is 0 Å². The second-order valence-corrected chi connectivity index (χ2v) is 4.25. The molecule has 0 spiro atoms. The first-order chi connectivity index (χ1) is 8.83. The van der Waals surface area contributed by atoms with Gasteiger partial charge in [-0.1, -0.05) is 30.3 Å². The Labute approximate surface area is 107 Å². The summed E-state index contributed by atoms with van der Waals surface area (Å²) < 4.78 is 0. The van der Waals surface area contributed by atoms with Crippen molar-refractivity contribution in [1.29, 1.82) is 0 Å². The van der Waals surface area contributed by atoms with Crippen LogP contribution in [0.25, 0.3) is 0 Å². The monoisotopic (exact) mass is 246 g/mol. The van der Waals surface area contributed by atoms with E-state index >= 15 is 0 Å². The molecule has 1 saturated heterocycles. The summed E-state index contributed by atoms with van der Waals surface area (Å²) in [5.41, 5.74) is 1.81. The molecule has 1 aliphatic rings. The summed E-state index contributed by atoms with van der Waals surface area (Å²) in [6, 6.07) is 10.0. The van der Waals surface area contributed by atoms with Crippen molar-refractivity contribution in [3.05, 3.63) is 41.6 Å². The number of hydrogen-bond donors (Lipinski definition) is 0. The Morgan fingerprint density at radius 2 is 2.06 bits per heavy atom. The van der Waals surface area contributed by atoms with Crippen LogP contribution in [0.15, 0.2) is 36.0 Å². The normalized spacial score (nSPS) is 16.7. The highest BCUT2D eigenvalue weighted by atomic mass is 16.7. The number of rotatable bonds is 4. The van der Waals surface area contributed by atoms with Crippen molar-refractivity contribution in [1.82, 2.24) is 9.96 Å². The third kappa shape index (κ3) is 3.20. The van der Waals surface area contributed by atoms with Crippen LogP contribution >= 0.6 is 0 Å². The van der Waals surface area contributed by atoms with Gasteiger partial charge in [0.1, 0.15) is 11.6 Å². The summed E-state index contributed by atoms with van der Waals surface area (Å²) in [4.78, 5) is 18.6. The zero-order chi connectivity index (χ0) is 12.8. The van der Waals surface area contributed by atoms with E-state index < -0.39 is 0 Å². The van der Waals surface area contributed by atoms with Crippen LogP contribution < -0.4 is 0 Å². The largest absolute Gasteiger partial charge is 0.364 e. The minimum absolute atomic E-state index is 0.518. The van der Waals surface area contributed by atoms with Gasteiger partial charge >= 0.3 is 0 Å². The Morgan fingerprint density at radius 3 is 2.72 bits per heavy atom. The molecule has 0 unspecified atom stereocenters.